The average Bonchev–Trinajstić information content (AvgIpc) is 2.52. The first-order valence-corrected chi connectivity index (χ1v) is 6.81. The first-order chi connectivity index (χ1) is 10.2. The molecule has 0 saturated heterocycles. The van der Waals surface area contributed by atoms with E-state index in [1.807, 2.05) is 37.4 Å². The highest BCUT2D eigenvalue weighted by atomic mass is 16.1. The molecule has 1 aromatic heterocycles. The predicted molar refractivity (Wildman–Crippen MR) is 82.1 cm³/mol. The van der Waals surface area contributed by atoms with Gasteiger partial charge in [0.05, 0.1) is 12.5 Å². The molecular weight excluding hydrogens is 262 g/mol. The number of nitrogens with zero attached hydrogens (tertiary/aromatic N) is 3. The molecule has 0 aliphatic heterocycles. The minimum Gasteiger partial charge on any atom is -0.366 e. The van der Waals surface area contributed by atoms with Gasteiger partial charge in [-0.1, -0.05) is 6.07 Å². The molecule has 0 spiro atoms. The zero-order valence-corrected chi connectivity index (χ0v) is 12.0. The summed E-state index contributed by atoms with van der Waals surface area (Å²) in [6, 6.07) is 11.7. The maximum atomic E-state index is 10.8. The Labute approximate surface area is 124 Å². The van der Waals surface area contributed by atoms with E-state index >= 15 is 0 Å². The second kappa shape index (κ2) is 7.20. The number of aldehydes is 1. The molecule has 2 rings (SSSR count). The van der Waals surface area contributed by atoms with Crippen LogP contribution in [-0.2, 0) is 6.54 Å². The van der Waals surface area contributed by atoms with E-state index in [2.05, 4.69) is 16.0 Å². The SMILES string of the molecule is Cc1cc(C=O)ccc1N(CCC#N)Cc1cccnc1. The molecule has 0 radical (unpaired) electrons. The summed E-state index contributed by atoms with van der Waals surface area (Å²) >= 11 is 0. The van der Waals surface area contributed by atoms with Crippen LogP contribution in [-0.4, -0.2) is 17.8 Å². The Morgan fingerprint density at radius 3 is 2.86 bits per heavy atom. The molecule has 21 heavy (non-hydrogen) atoms. The second-order valence-corrected chi connectivity index (χ2v) is 4.85. The maximum Gasteiger partial charge on any atom is 0.150 e. The van der Waals surface area contributed by atoms with Crippen LogP contribution in [0.25, 0.3) is 0 Å². The molecule has 0 amide bonds. The zero-order valence-electron chi connectivity index (χ0n) is 12.0. The molecule has 1 aromatic carbocycles. The molecule has 4 heteroatoms. The van der Waals surface area contributed by atoms with Crippen LogP contribution in [0.4, 0.5) is 5.69 Å². The third-order valence-electron chi connectivity index (χ3n) is 3.29. The fourth-order valence-corrected chi connectivity index (χ4v) is 2.29. The van der Waals surface area contributed by atoms with Crippen molar-refractivity contribution >= 4 is 12.0 Å². The van der Waals surface area contributed by atoms with E-state index in [1.54, 1.807) is 12.3 Å². The summed E-state index contributed by atoms with van der Waals surface area (Å²) in [7, 11) is 0. The maximum absolute atomic E-state index is 10.8. The number of benzene rings is 1. The summed E-state index contributed by atoms with van der Waals surface area (Å²) in [4.78, 5) is 17.1. The Kier molecular flexibility index (Phi) is 5.05. The summed E-state index contributed by atoms with van der Waals surface area (Å²) in [6.45, 7) is 3.31. The molecule has 0 fully saturated rings. The minimum absolute atomic E-state index is 0.454. The predicted octanol–water partition coefficient (Wildman–Crippen LogP) is 3.12. The number of pyridine rings is 1. The molecule has 0 aliphatic carbocycles. The zero-order chi connectivity index (χ0) is 15.1. The molecule has 0 bridgehead atoms. The summed E-state index contributed by atoms with van der Waals surface area (Å²) in [5, 5.41) is 8.84. The molecule has 0 saturated carbocycles. The molecule has 0 N–H and O–H groups in total. The van der Waals surface area contributed by atoms with E-state index in [0.29, 0.717) is 25.1 Å². The van der Waals surface area contributed by atoms with Gasteiger partial charge in [-0.05, 0) is 42.3 Å². The van der Waals surface area contributed by atoms with Crippen molar-refractivity contribution in [3.8, 4) is 6.07 Å². The number of nitriles is 1. The lowest BCUT2D eigenvalue weighted by molar-refractivity contribution is 0.112. The Bertz CT molecular complexity index is 647. The number of carbonyl (C=O) groups is 1. The van der Waals surface area contributed by atoms with E-state index in [9.17, 15) is 4.79 Å². The first kappa shape index (κ1) is 14.7. The first-order valence-electron chi connectivity index (χ1n) is 6.81. The van der Waals surface area contributed by atoms with E-state index in [0.717, 1.165) is 23.1 Å². The van der Waals surface area contributed by atoms with Crippen molar-refractivity contribution in [1.82, 2.24) is 4.98 Å². The van der Waals surface area contributed by atoms with Gasteiger partial charge >= 0.3 is 0 Å². The summed E-state index contributed by atoms with van der Waals surface area (Å²) < 4.78 is 0. The van der Waals surface area contributed by atoms with Crippen molar-refractivity contribution < 1.29 is 4.79 Å². The van der Waals surface area contributed by atoms with Gasteiger partial charge in [-0.2, -0.15) is 5.26 Å². The lowest BCUT2D eigenvalue weighted by Crippen LogP contribution is -2.24. The van der Waals surface area contributed by atoms with Gasteiger partial charge < -0.3 is 4.90 Å². The van der Waals surface area contributed by atoms with E-state index < -0.39 is 0 Å². The standard InChI is InChI=1S/C17H17N3O/c1-14-10-15(13-21)5-6-17(14)20(9-3-7-18)12-16-4-2-8-19-11-16/h2,4-6,8,10-11,13H,3,9,12H2,1H3. The monoisotopic (exact) mass is 279 g/mol. The Balaban J connectivity index is 2.27. The minimum atomic E-state index is 0.454. The molecule has 4 nitrogen and oxygen atoms in total. The second-order valence-electron chi connectivity index (χ2n) is 4.85. The summed E-state index contributed by atoms with van der Waals surface area (Å²) in [6.07, 6.45) is 4.87. The molecule has 0 unspecified atom stereocenters. The topological polar surface area (TPSA) is 57.0 Å². The van der Waals surface area contributed by atoms with Gasteiger partial charge in [0.25, 0.3) is 0 Å². The van der Waals surface area contributed by atoms with E-state index in [1.165, 1.54) is 0 Å². The molecule has 2 aromatic rings. The normalized spacial score (nSPS) is 9.90. The highest BCUT2D eigenvalue weighted by Crippen LogP contribution is 2.23. The third kappa shape index (κ3) is 3.90. The lowest BCUT2D eigenvalue weighted by atomic mass is 10.1. The van der Waals surface area contributed by atoms with Gasteiger partial charge in [0.2, 0.25) is 0 Å². The van der Waals surface area contributed by atoms with Crippen molar-refractivity contribution in [1.29, 1.82) is 5.26 Å². The van der Waals surface area contributed by atoms with Gasteiger partial charge in [-0.25, -0.2) is 0 Å². The van der Waals surface area contributed by atoms with Crippen molar-refractivity contribution in [2.45, 2.75) is 19.9 Å². The van der Waals surface area contributed by atoms with Crippen LogP contribution in [0.2, 0.25) is 0 Å². The lowest BCUT2D eigenvalue weighted by Gasteiger charge is -2.25. The number of aryl methyl sites for hydroxylation is 1. The van der Waals surface area contributed by atoms with Crippen LogP contribution in [0.15, 0.2) is 42.7 Å². The van der Waals surface area contributed by atoms with Gasteiger partial charge in [0.15, 0.2) is 0 Å². The van der Waals surface area contributed by atoms with Crippen molar-refractivity contribution in [2.75, 3.05) is 11.4 Å². The smallest absolute Gasteiger partial charge is 0.150 e. The largest absolute Gasteiger partial charge is 0.366 e. The number of aromatic nitrogens is 1. The van der Waals surface area contributed by atoms with Crippen LogP contribution in [0.5, 0.6) is 0 Å². The molecule has 0 aliphatic rings. The number of rotatable bonds is 6. The molecular formula is C17H17N3O. The average molecular weight is 279 g/mol. The van der Waals surface area contributed by atoms with Crippen molar-refractivity contribution in [2.24, 2.45) is 0 Å². The molecule has 106 valence electrons. The van der Waals surface area contributed by atoms with Crippen molar-refractivity contribution in [3.05, 3.63) is 59.4 Å². The van der Waals surface area contributed by atoms with Crippen LogP contribution in [0.3, 0.4) is 0 Å². The summed E-state index contributed by atoms with van der Waals surface area (Å²) in [5.74, 6) is 0. The Morgan fingerprint density at radius 2 is 2.24 bits per heavy atom. The molecule has 1 heterocycles. The van der Waals surface area contributed by atoms with Crippen LogP contribution < -0.4 is 4.90 Å². The highest BCUT2D eigenvalue weighted by molar-refractivity contribution is 5.77. The fraction of sp³-hybridized carbons (Fsp3) is 0.235. The molecule has 0 atom stereocenters. The summed E-state index contributed by atoms with van der Waals surface area (Å²) in [5.41, 5.74) is 3.83. The van der Waals surface area contributed by atoms with Gasteiger partial charge in [0, 0.05) is 36.7 Å². The van der Waals surface area contributed by atoms with Crippen LogP contribution >= 0.6 is 0 Å². The number of hydrogen-bond acceptors (Lipinski definition) is 4. The highest BCUT2D eigenvalue weighted by Gasteiger charge is 2.10. The fourth-order valence-electron chi connectivity index (χ4n) is 2.29. The van der Waals surface area contributed by atoms with E-state index in [4.69, 9.17) is 5.26 Å². The van der Waals surface area contributed by atoms with Gasteiger partial charge in [0.1, 0.15) is 6.29 Å². The van der Waals surface area contributed by atoms with Crippen LogP contribution in [0.1, 0.15) is 27.9 Å². The van der Waals surface area contributed by atoms with Crippen molar-refractivity contribution in [3.63, 3.8) is 0 Å². The quantitative estimate of drug-likeness (QED) is 0.762. The third-order valence-corrected chi connectivity index (χ3v) is 3.29. The number of carbonyl (C=O) groups excluding carboxylic acids is 1. The van der Waals surface area contributed by atoms with E-state index in [-0.39, 0.29) is 0 Å². The number of hydrogen-bond donors (Lipinski definition) is 0. The van der Waals surface area contributed by atoms with Gasteiger partial charge in [-0.15, -0.1) is 0 Å². The number of anilines is 1. The Hall–Kier alpha value is -2.67. The van der Waals surface area contributed by atoms with Crippen LogP contribution in [0, 0.1) is 18.3 Å². The van der Waals surface area contributed by atoms with Gasteiger partial charge in [-0.3, -0.25) is 9.78 Å². The Morgan fingerprint density at radius 1 is 1.38 bits per heavy atom.